The fraction of sp³-hybridized carbons (Fsp3) is 0.619. The quantitative estimate of drug-likeness (QED) is 0.797. The van der Waals surface area contributed by atoms with E-state index in [4.69, 9.17) is 4.74 Å². The van der Waals surface area contributed by atoms with Crippen molar-refractivity contribution in [2.24, 2.45) is 0 Å². The number of nitrogens with zero attached hydrogens (tertiary/aromatic N) is 1. The highest BCUT2D eigenvalue weighted by atomic mass is 16.6. The van der Waals surface area contributed by atoms with Gasteiger partial charge in [0.05, 0.1) is 5.56 Å². The number of carbonyl (C=O) groups excluding carboxylic acids is 1. The van der Waals surface area contributed by atoms with E-state index in [2.05, 4.69) is 31.0 Å². The normalized spacial score (nSPS) is 18.2. The zero-order chi connectivity index (χ0) is 18.7. The number of anilines is 1. The van der Waals surface area contributed by atoms with Crippen molar-refractivity contribution in [2.75, 3.05) is 25.0 Å². The summed E-state index contributed by atoms with van der Waals surface area (Å²) in [6, 6.07) is 7.62. The molecule has 0 unspecified atom stereocenters. The van der Waals surface area contributed by atoms with Crippen LogP contribution in [0.3, 0.4) is 0 Å². The summed E-state index contributed by atoms with van der Waals surface area (Å²) < 4.78 is 5.41. The Morgan fingerprint density at radius 2 is 1.72 bits per heavy atom. The first-order valence-electron chi connectivity index (χ1n) is 9.19. The van der Waals surface area contributed by atoms with Gasteiger partial charge < -0.3 is 15.0 Å². The van der Waals surface area contributed by atoms with Crippen LogP contribution < -0.4 is 5.32 Å². The molecule has 0 aliphatic carbocycles. The molecule has 25 heavy (non-hydrogen) atoms. The first kappa shape index (κ1) is 19.8. The van der Waals surface area contributed by atoms with E-state index in [0.717, 1.165) is 38.2 Å². The molecule has 1 aliphatic heterocycles. The first-order valence-corrected chi connectivity index (χ1v) is 9.19. The Hall–Kier alpha value is -1.55. The number of piperidine rings is 1. The molecule has 1 radical (unpaired) electrons. The summed E-state index contributed by atoms with van der Waals surface area (Å²) in [5, 5.41) is 3.66. The van der Waals surface area contributed by atoms with Crippen molar-refractivity contribution in [1.82, 2.24) is 4.90 Å². The van der Waals surface area contributed by atoms with Gasteiger partial charge in [0.25, 0.3) is 0 Å². The van der Waals surface area contributed by atoms with Gasteiger partial charge in [0.2, 0.25) is 0 Å². The highest BCUT2D eigenvalue weighted by Crippen LogP contribution is 2.27. The largest absolute Gasteiger partial charge is 0.456 e. The summed E-state index contributed by atoms with van der Waals surface area (Å²) in [4.78, 5) is 14.6. The van der Waals surface area contributed by atoms with Crippen LogP contribution in [0.5, 0.6) is 0 Å². The molecule has 1 heterocycles. The second-order valence-corrected chi connectivity index (χ2v) is 8.75. The van der Waals surface area contributed by atoms with Gasteiger partial charge in [-0.25, -0.2) is 4.79 Å². The van der Waals surface area contributed by atoms with E-state index in [0.29, 0.717) is 5.56 Å². The van der Waals surface area contributed by atoms with Crippen molar-refractivity contribution in [3.05, 3.63) is 35.7 Å². The maximum atomic E-state index is 12.1. The molecular weight excluding hydrogens is 312 g/mol. The standard InChI is InChI=1S/C21H33N2O2/c1-16(2)15-23-13-11-21(6,12-14-23)22-18-9-7-17(8-10-18)19(24)25-20(3,4)5/h7-10,22H,11-15H2,1-6H3. The summed E-state index contributed by atoms with van der Waals surface area (Å²) in [6.45, 7) is 15.6. The van der Waals surface area contributed by atoms with Crippen molar-refractivity contribution in [3.8, 4) is 0 Å². The Balaban J connectivity index is 1.92. The van der Waals surface area contributed by atoms with Crippen molar-refractivity contribution >= 4 is 11.7 Å². The van der Waals surface area contributed by atoms with Crippen LogP contribution >= 0.6 is 0 Å². The summed E-state index contributed by atoms with van der Waals surface area (Å²) in [5.41, 5.74) is 1.28. The van der Waals surface area contributed by atoms with Gasteiger partial charge in [-0.15, -0.1) is 0 Å². The number of esters is 1. The van der Waals surface area contributed by atoms with E-state index >= 15 is 0 Å². The Labute approximate surface area is 152 Å². The number of likely N-dealkylation sites (tertiary alicyclic amines) is 1. The summed E-state index contributed by atoms with van der Waals surface area (Å²) in [6.07, 6.45) is 2.24. The molecule has 1 aromatic rings. The molecular formula is C21H33N2O2. The Morgan fingerprint density at radius 3 is 2.20 bits per heavy atom. The van der Waals surface area contributed by atoms with Crippen molar-refractivity contribution in [3.63, 3.8) is 0 Å². The van der Waals surface area contributed by atoms with Crippen molar-refractivity contribution in [1.29, 1.82) is 0 Å². The molecule has 1 aliphatic rings. The van der Waals surface area contributed by atoms with Gasteiger partial charge in [-0.3, -0.25) is 0 Å². The van der Waals surface area contributed by atoms with Crippen LogP contribution in [-0.2, 0) is 4.74 Å². The van der Waals surface area contributed by atoms with Crippen molar-refractivity contribution in [2.45, 2.75) is 65.5 Å². The van der Waals surface area contributed by atoms with Crippen LogP contribution in [0.1, 0.15) is 64.7 Å². The minimum absolute atomic E-state index is 0.103. The number of rotatable bonds is 5. The minimum atomic E-state index is -0.469. The SMILES string of the molecule is C[C](C)CN1CCC(C)(Nc2ccc(C(=O)OC(C)(C)C)cc2)CC1. The monoisotopic (exact) mass is 345 g/mol. The van der Waals surface area contributed by atoms with E-state index in [-0.39, 0.29) is 11.5 Å². The third kappa shape index (κ3) is 6.35. The molecule has 0 bridgehead atoms. The number of benzene rings is 1. The molecule has 4 heteroatoms. The number of hydrogen-bond donors (Lipinski definition) is 1. The van der Waals surface area contributed by atoms with Gasteiger partial charge in [0.1, 0.15) is 5.60 Å². The lowest BCUT2D eigenvalue weighted by Crippen LogP contribution is -2.47. The highest BCUT2D eigenvalue weighted by molar-refractivity contribution is 5.90. The average molecular weight is 346 g/mol. The molecule has 0 aromatic heterocycles. The van der Waals surface area contributed by atoms with Crippen LogP contribution in [0.25, 0.3) is 0 Å². The van der Waals surface area contributed by atoms with Crippen LogP contribution in [0.2, 0.25) is 0 Å². The number of ether oxygens (including phenoxy) is 1. The summed E-state index contributed by atoms with van der Waals surface area (Å²) in [5.74, 6) is 1.19. The zero-order valence-electron chi connectivity index (χ0n) is 16.6. The first-order chi connectivity index (χ1) is 11.6. The molecule has 0 spiro atoms. The third-order valence-corrected chi connectivity index (χ3v) is 4.47. The maximum Gasteiger partial charge on any atom is 0.338 e. The van der Waals surface area contributed by atoms with Gasteiger partial charge in [-0.05, 0) is 70.7 Å². The van der Waals surface area contributed by atoms with E-state index in [9.17, 15) is 4.79 Å². The lowest BCUT2D eigenvalue weighted by Gasteiger charge is -2.41. The topological polar surface area (TPSA) is 41.6 Å². The summed E-state index contributed by atoms with van der Waals surface area (Å²) in [7, 11) is 0. The van der Waals surface area contributed by atoms with Crippen LogP contribution in [0.4, 0.5) is 5.69 Å². The molecule has 4 nitrogen and oxygen atoms in total. The van der Waals surface area contributed by atoms with Gasteiger partial charge in [0.15, 0.2) is 0 Å². The molecule has 1 aromatic carbocycles. The number of hydrogen-bond acceptors (Lipinski definition) is 4. The van der Waals surface area contributed by atoms with E-state index in [1.807, 2.05) is 45.0 Å². The highest BCUT2D eigenvalue weighted by Gasteiger charge is 2.30. The number of carbonyl (C=O) groups is 1. The molecule has 139 valence electrons. The Kier molecular flexibility index (Phi) is 6.15. The van der Waals surface area contributed by atoms with Crippen LogP contribution in [-0.4, -0.2) is 41.6 Å². The maximum absolute atomic E-state index is 12.1. The smallest absolute Gasteiger partial charge is 0.338 e. The lowest BCUT2D eigenvalue weighted by atomic mass is 9.89. The fourth-order valence-corrected chi connectivity index (χ4v) is 3.15. The fourth-order valence-electron chi connectivity index (χ4n) is 3.15. The van der Waals surface area contributed by atoms with E-state index in [1.165, 1.54) is 5.92 Å². The second-order valence-electron chi connectivity index (χ2n) is 8.75. The van der Waals surface area contributed by atoms with E-state index < -0.39 is 5.60 Å². The Morgan fingerprint density at radius 1 is 1.16 bits per heavy atom. The number of nitrogens with one attached hydrogen (secondary N) is 1. The van der Waals surface area contributed by atoms with Crippen LogP contribution in [0.15, 0.2) is 24.3 Å². The van der Waals surface area contributed by atoms with Gasteiger partial charge >= 0.3 is 5.97 Å². The molecule has 0 atom stereocenters. The predicted molar refractivity (Wildman–Crippen MR) is 104 cm³/mol. The minimum Gasteiger partial charge on any atom is -0.456 e. The molecule has 1 fully saturated rings. The molecule has 2 rings (SSSR count). The predicted octanol–water partition coefficient (Wildman–Crippen LogP) is 4.52. The molecule has 1 N–H and O–H groups in total. The van der Waals surface area contributed by atoms with E-state index in [1.54, 1.807) is 0 Å². The summed E-state index contributed by atoms with van der Waals surface area (Å²) >= 11 is 0. The second kappa shape index (κ2) is 7.77. The molecule has 0 saturated carbocycles. The molecule has 1 saturated heterocycles. The van der Waals surface area contributed by atoms with Gasteiger partial charge in [-0.2, -0.15) is 0 Å². The van der Waals surface area contributed by atoms with Crippen molar-refractivity contribution < 1.29 is 9.53 Å². The van der Waals surface area contributed by atoms with Gasteiger partial charge in [-0.1, -0.05) is 13.8 Å². The van der Waals surface area contributed by atoms with Crippen LogP contribution in [0, 0.1) is 5.92 Å². The average Bonchev–Trinajstić information content (AvgIpc) is 2.48. The zero-order valence-corrected chi connectivity index (χ0v) is 16.6. The third-order valence-electron chi connectivity index (χ3n) is 4.47. The lowest BCUT2D eigenvalue weighted by molar-refractivity contribution is 0.00696. The van der Waals surface area contributed by atoms with Gasteiger partial charge in [0, 0.05) is 30.9 Å². The Bertz CT molecular complexity index is 565. The molecule has 0 amide bonds.